The molecule has 2 aromatic rings. The Morgan fingerprint density at radius 1 is 1.15 bits per heavy atom. The van der Waals surface area contributed by atoms with Crippen LogP contribution in [-0.2, 0) is 11.3 Å². The van der Waals surface area contributed by atoms with E-state index in [0.29, 0.717) is 10.5 Å². The number of imide groups is 1. The second-order valence-electron chi connectivity index (χ2n) is 6.03. The predicted octanol–water partition coefficient (Wildman–Crippen LogP) is 1.99. The zero-order valence-electron chi connectivity index (χ0n) is 14.2. The van der Waals surface area contributed by atoms with Crippen molar-refractivity contribution in [3.8, 4) is 0 Å². The van der Waals surface area contributed by atoms with Gasteiger partial charge in [-0.05, 0) is 23.8 Å². The van der Waals surface area contributed by atoms with Crippen molar-refractivity contribution in [3.63, 3.8) is 0 Å². The van der Waals surface area contributed by atoms with Gasteiger partial charge in [0.2, 0.25) is 5.91 Å². The van der Waals surface area contributed by atoms with Crippen LogP contribution in [0.2, 0.25) is 0 Å². The highest BCUT2D eigenvalue weighted by atomic mass is 19.1. The van der Waals surface area contributed by atoms with E-state index in [1.54, 1.807) is 0 Å². The first-order valence-corrected chi connectivity index (χ1v) is 7.91. The summed E-state index contributed by atoms with van der Waals surface area (Å²) in [5.74, 6) is -2.55. The maximum atomic E-state index is 12.9. The number of nitrogens with zero attached hydrogens (tertiary/aromatic N) is 3. The molecule has 0 unspecified atom stereocenters. The summed E-state index contributed by atoms with van der Waals surface area (Å²) in [7, 11) is 1.48. The third-order valence-corrected chi connectivity index (χ3v) is 4.23. The summed E-state index contributed by atoms with van der Waals surface area (Å²) in [4.78, 5) is 49.6. The number of fused-ring (bicyclic) bond motifs is 1. The zero-order valence-corrected chi connectivity index (χ0v) is 14.2. The van der Waals surface area contributed by atoms with Crippen molar-refractivity contribution in [2.45, 2.75) is 6.54 Å². The van der Waals surface area contributed by atoms with Crippen LogP contribution in [0.25, 0.3) is 0 Å². The van der Waals surface area contributed by atoms with Gasteiger partial charge in [-0.3, -0.25) is 29.4 Å². The van der Waals surface area contributed by atoms with Crippen molar-refractivity contribution >= 4 is 23.4 Å². The summed E-state index contributed by atoms with van der Waals surface area (Å²) >= 11 is 0. The van der Waals surface area contributed by atoms with Crippen molar-refractivity contribution in [1.82, 2.24) is 9.80 Å². The fraction of sp³-hybridized carbons (Fsp3) is 0.167. The number of carbonyl (C=O) groups excluding carboxylic acids is 3. The first kappa shape index (κ1) is 18.2. The Hall–Kier alpha value is -3.62. The molecule has 1 heterocycles. The number of likely N-dealkylation sites (N-methyl/N-ethyl adjacent to an activating group) is 1. The second-order valence-corrected chi connectivity index (χ2v) is 6.03. The Morgan fingerprint density at radius 2 is 1.81 bits per heavy atom. The highest BCUT2D eigenvalue weighted by Gasteiger charge is 2.41. The summed E-state index contributed by atoms with van der Waals surface area (Å²) < 4.78 is 12.9. The molecule has 0 atom stereocenters. The predicted molar refractivity (Wildman–Crippen MR) is 91.3 cm³/mol. The molecule has 0 aromatic heterocycles. The van der Waals surface area contributed by atoms with Crippen LogP contribution in [0.15, 0.2) is 42.5 Å². The molecule has 0 radical (unpaired) electrons. The Labute approximate surface area is 152 Å². The van der Waals surface area contributed by atoms with Crippen LogP contribution >= 0.6 is 0 Å². The fourth-order valence-corrected chi connectivity index (χ4v) is 2.82. The molecule has 3 amide bonds. The van der Waals surface area contributed by atoms with Crippen molar-refractivity contribution in [1.29, 1.82) is 0 Å². The van der Waals surface area contributed by atoms with Gasteiger partial charge in [0.05, 0.1) is 10.5 Å². The van der Waals surface area contributed by atoms with Crippen LogP contribution in [0.3, 0.4) is 0 Å². The molecule has 0 bridgehead atoms. The molecule has 8 nitrogen and oxygen atoms in total. The number of nitro benzene ring substituents is 1. The van der Waals surface area contributed by atoms with Gasteiger partial charge in [0.1, 0.15) is 17.9 Å². The van der Waals surface area contributed by atoms with Gasteiger partial charge in [0, 0.05) is 19.7 Å². The van der Waals surface area contributed by atoms with Crippen molar-refractivity contribution in [3.05, 3.63) is 75.1 Å². The number of hydrogen-bond donors (Lipinski definition) is 0. The molecule has 0 saturated heterocycles. The van der Waals surface area contributed by atoms with Gasteiger partial charge >= 0.3 is 0 Å². The maximum Gasteiger partial charge on any atom is 0.282 e. The Bertz CT molecular complexity index is 958. The van der Waals surface area contributed by atoms with Crippen LogP contribution in [0, 0.1) is 15.9 Å². The van der Waals surface area contributed by atoms with Crippen molar-refractivity contribution in [2.24, 2.45) is 0 Å². The lowest BCUT2D eigenvalue weighted by atomic mass is 10.1. The number of amides is 3. The summed E-state index contributed by atoms with van der Waals surface area (Å²) in [6.45, 7) is -0.385. The van der Waals surface area contributed by atoms with Crippen molar-refractivity contribution < 1.29 is 23.7 Å². The van der Waals surface area contributed by atoms with E-state index in [1.807, 2.05) is 0 Å². The first-order valence-electron chi connectivity index (χ1n) is 7.91. The Morgan fingerprint density at radius 3 is 2.44 bits per heavy atom. The zero-order chi connectivity index (χ0) is 19.7. The molecule has 0 fully saturated rings. The molecular weight excluding hydrogens is 357 g/mol. The van der Waals surface area contributed by atoms with E-state index in [-0.39, 0.29) is 17.7 Å². The first-order chi connectivity index (χ1) is 12.8. The maximum absolute atomic E-state index is 12.9. The van der Waals surface area contributed by atoms with Gasteiger partial charge in [-0.15, -0.1) is 0 Å². The van der Waals surface area contributed by atoms with E-state index < -0.39 is 40.7 Å². The lowest BCUT2D eigenvalue weighted by Gasteiger charge is -2.20. The molecule has 0 saturated carbocycles. The molecule has 138 valence electrons. The highest BCUT2D eigenvalue weighted by Crippen LogP contribution is 2.30. The van der Waals surface area contributed by atoms with Gasteiger partial charge in [0.15, 0.2) is 0 Å². The molecular formula is C18H14FN3O5. The molecule has 1 aliphatic heterocycles. The number of rotatable bonds is 5. The Kier molecular flexibility index (Phi) is 4.68. The largest absolute Gasteiger partial charge is 0.340 e. The third kappa shape index (κ3) is 3.39. The average Bonchev–Trinajstić information content (AvgIpc) is 2.88. The third-order valence-electron chi connectivity index (χ3n) is 4.23. The fourth-order valence-electron chi connectivity index (χ4n) is 2.82. The topological polar surface area (TPSA) is 101 Å². The normalized spacial score (nSPS) is 12.9. The monoisotopic (exact) mass is 371 g/mol. The highest BCUT2D eigenvalue weighted by molar-refractivity contribution is 6.24. The van der Waals surface area contributed by atoms with E-state index >= 15 is 0 Å². The van der Waals surface area contributed by atoms with Gasteiger partial charge in [-0.1, -0.05) is 18.2 Å². The molecule has 27 heavy (non-hydrogen) atoms. The average molecular weight is 371 g/mol. The number of halogens is 1. The SMILES string of the molecule is CN(Cc1ccc(F)cc1)C(=O)CN1C(=O)c2cccc([N+](=O)[O-])c2C1=O. The molecule has 2 aromatic carbocycles. The van der Waals surface area contributed by atoms with E-state index in [1.165, 1.54) is 48.3 Å². The van der Waals surface area contributed by atoms with Crippen LogP contribution in [-0.4, -0.2) is 46.0 Å². The number of nitro groups is 1. The summed E-state index contributed by atoms with van der Waals surface area (Å²) in [5.41, 5.74) is -0.199. The molecule has 0 N–H and O–H groups in total. The molecule has 3 rings (SSSR count). The second kappa shape index (κ2) is 6.94. The number of carbonyl (C=O) groups is 3. The number of hydrogen-bond acceptors (Lipinski definition) is 5. The van der Waals surface area contributed by atoms with Gasteiger partial charge in [0.25, 0.3) is 17.5 Å². The quantitative estimate of drug-likeness (QED) is 0.454. The summed E-state index contributed by atoms with van der Waals surface area (Å²) in [5, 5.41) is 11.1. The minimum absolute atomic E-state index is 0.0943. The minimum atomic E-state index is -0.870. The number of benzene rings is 2. The smallest absolute Gasteiger partial charge is 0.282 e. The van der Waals surface area contributed by atoms with E-state index in [4.69, 9.17) is 0 Å². The van der Waals surface area contributed by atoms with Crippen LogP contribution in [0.4, 0.5) is 10.1 Å². The Balaban J connectivity index is 1.76. The van der Waals surface area contributed by atoms with E-state index in [2.05, 4.69) is 0 Å². The standard InChI is InChI=1S/C18H14FN3O5/c1-20(9-11-5-7-12(19)8-6-11)15(23)10-21-17(24)13-3-2-4-14(22(26)27)16(13)18(21)25/h2-8H,9-10H2,1H3. The van der Waals surface area contributed by atoms with E-state index in [0.717, 1.165) is 6.07 Å². The van der Waals surface area contributed by atoms with Gasteiger partial charge in [-0.2, -0.15) is 0 Å². The lowest BCUT2D eigenvalue weighted by molar-refractivity contribution is -0.385. The summed E-state index contributed by atoms with van der Waals surface area (Å²) in [6.07, 6.45) is 0. The molecule has 0 spiro atoms. The van der Waals surface area contributed by atoms with Gasteiger partial charge in [-0.25, -0.2) is 4.39 Å². The van der Waals surface area contributed by atoms with Gasteiger partial charge < -0.3 is 4.90 Å². The van der Waals surface area contributed by atoms with E-state index in [9.17, 15) is 28.9 Å². The van der Waals surface area contributed by atoms with Crippen LogP contribution in [0.1, 0.15) is 26.3 Å². The van der Waals surface area contributed by atoms with Crippen LogP contribution < -0.4 is 0 Å². The molecule has 9 heteroatoms. The summed E-state index contributed by atoms with van der Waals surface area (Å²) in [6, 6.07) is 9.32. The lowest BCUT2D eigenvalue weighted by Crippen LogP contribution is -2.41. The van der Waals surface area contributed by atoms with Crippen molar-refractivity contribution in [2.75, 3.05) is 13.6 Å². The molecule has 1 aliphatic rings. The van der Waals surface area contributed by atoms with Crippen LogP contribution in [0.5, 0.6) is 0 Å². The minimum Gasteiger partial charge on any atom is -0.340 e. The molecule has 0 aliphatic carbocycles.